The average Bonchev–Trinajstić information content (AvgIpc) is 2.88. The third-order valence-electron chi connectivity index (χ3n) is 5.53. The summed E-state index contributed by atoms with van der Waals surface area (Å²) < 4.78 is 13.1. The molecule has 1 aliphatic rings. The smallest absolute Gasteiger partial charge is 0.192 e. The molecule has 0 spiro atoms. The lowest BCUT2D eigenvalue weighted by Gasteiger charge is -2.41. The first-order valence-electron chi connectivity index (χ1n) is 9.54. The highest BCUT2D eigenvalue weighted by atomic mass is 28.4. The van der Waals surface area contributed by atoms with Crippen molar-refractivity contribution in [3.63, 3.8) is 0 Å². The van der Waals surface area contributed by atoms with Crippen LogP contribution in [0.15, 0.2) is 0 Å². The molecule has 0 aliphatic carbocycles. The lowest BCUT2D eigenvalue weighted by molar-refractivity contribution is -0.0344. The monoisotopic (exact) mass is 328 g/mol. The van der Waals surface area contributed by atoms with Crippen LogP contribution in [0.5, 0.6) is 0 Å². The van der Waals surface area contributed by atoms with E-state index in [9.17, 15) is 0 Å². The van der Waals surface area contributed by atoms with Crippen LogP contribution >= 0.6 is 0 Å². The van der Waals surface area contributed by atoms with Crippen LogP contribution in [0.4, 0.5) is 0 Å². The van der Waals surface area contributed by atoms with Gasteiger partial charge in [-0.3, -0.25) is 0 Å². The van der Waals surface area contributed by atoms with E-state index in [1.54, 1.807) is 0 Å². The van der Waals surface area contributed by atoms with Gasteiger partial charge in [0.05, 0.1) is 18.3 Å². The van der Waals surface area contributed by atoms with E-state index in [0.29, 0.717) is 18.3 Å². The molecule has 3 heteroatoms. The minimum atomic E-state index is -1.71. The van der Waals surface area contributed by atoms with Crippen LogP contribution < -0.4 is 0 Å². The summed E-state index contributed by atoms with van der Waals surface area (Å²) in [7, 11) is -1.71. The first-order chi connectivity index (χ1) is 10.2. The van der Waals surface area contributed by atoms with Crippen molar-refractivity contribution >= 4 is 8.32 Å². The number of rotatable bonds is 9. The molecule has 1 aliphatic heterocycles. The molecule has 2 nitrogen and oxygen atoms in total. The normalized spacial score (nSPS) is 24.7. The quantitative estimate of drug-likeness (QED) is 0.462. The first-order valence-corrected chi connectivity index (χ1v) is 12.5. The molecule has 0 aromatic carbocycles. The largest absolute Gasteiger partial charge is 0.411 e. The molecule has 0 amide bonds. The molecule has 0 bridgehead atoms. The molecule has 0 saturated carbocycles. The van der Waals surface area contributed by atoms with E-state index in [4.69, 9.17) is 9.16 Å². The summed E-state index contributed by atoms with van der Waals surface area (Å²) in [5, 5.41) is 0.275. The Morgan fingerprint density at radius 2 is 1.73 bits per heavy atom. The fourth-order valence-electron chi connectivity index (χ4n) is 2.93. The predicted molar refractivity (Wildman–Crippen MR) is 99.0 cm³/mol. The van der Waals surface area contributed by atoms with Crippen LogP contribution in [-0.2, 0) is 9.16 Å². The highest BCUT2D eigenvalue weighted by molar-refractivity contribution is 6.74. The Kier molecular flexibility index (Phi) is 8.11. The lowest BCUT2D eigenvalue weighted by atomic mass is 10.0. The van der Waals surface area contributed by atoms with Crippen molar-refractivity contribution < 1.29 is 9.16 Å². The number of unbranched alkanes of at least 4 members (excludes halogenated alkanes) is 2. The Morgan fingerprint density at radius 1 is 1.09 bits per heavy atom. The van der Waals surface area contributed by atoms with Gasteiger partial charge in [-0.15, -0.1) is 0 Å². The molecule has 0 aromatic rings. The van der Waals surface area contributed by atoms with Crippen LogP contribution in [-0.4, -0.2) is 26.6 Å². The highest BCUT2D eigenvalue weighted by Crippen LogP contribution is 2.39. The zero-order chi connectivity index (χ0) is 16.8. The van der Waals surface area contributed by atoms with Gasteiger partial charge in [-0.1, -0.05) is 60.3 Å². The summed E-state index contributed by atoms with van der Waals surface area (Å²) in [5.74, 6) is 0. The summed E-state index contributed by atoms with van der Waals surface area (Å²) >= 11 is 0. The van der Waals surface area contributed by atoms with E-state index in [2.05, 4.69) is 47.7 Å². The minimum Gasteiger partial charge on any atom is -0.411 e. The Hall–Kier alpha value is 0.137. The second-order valence-electron chi connectivity index (χ2n) is 8.57. The zero-order valence-corrected chi connectivity index (χ0v) is 17.2. The van der Waals surface area contributed by atoms with E-state index < -0.39 is 8.32 Å². The van der Waals surface area contributed by atoms with Gasteiger partial charge in [0.15, 0.2) is 8.32 Å². The van der Waals surface area contributed by atoms with Crippen molar-refractivity contribution in [3.05, 3.63) is 0 Å². The molecule has 132 valence electrons. The zero-order valence-electron chi connectivity index (χ0n) is 16.2. The van der Waals surface area contributed by atoms with Crippen LogP contribution in [0.1, 0.15) is 86.0 Å². The minimum absolute atomic E-state index is 0.275. The van der Waals surface area contributed by atoms with Gasteiger partial charge in [0, 0.05) is 0 Å². The van der Waals surface area contributed by atoms with Gasteiger partial charge in [0.2, 0.25) is 0 Å². The molecule has 3 atom stereocenters. The maximum absolute atomic E-state index is 6.76. The maximum Gasteiger partial charge on any atom is 0.192 e. The highest BCUT2D eigenvalue weighted by Gasteiger charge is 2.42. The summed E-state index contributed by atoms with van der Waals surface area (Å²) in [4.78, 5) is 0. The summed E-state index contributed by atoms with van der Waals surface area (Å²) in [6, 6.07) is 0. The van der Waals surface area contributed by atoms with Gasteiger partial charge < -0.3 is 9.16 Å². The molecule has 22 heavy (non-hydrogen) atoms. The van der Waals surface area contributed by atoms with Crippen LogP contribution in [0.3, 0.4) is 0 Å². The Morgan fingerprint density at radius 3 is 2.27 bits per heavy atom. The van der Waals surface area contributed by atoms with Crippen LogP contribution in [0, 0.1) is 0 Å². The summed E-state index contributed by atoms with van der Waals surface area (Å²) in [5.41, 5.74) is 0. The Labute approximate surface area is 140 Å². The molecule has 0 radical (unpaired) electrons. The SMILES string of the molecule is CCCC[C@@H]1CC[C@@H]([C@H](CCCC)O[Si](C)(C)C(C)(C)C)O1. The summed E-state index contributed by atoms with van der Waals surface area (Å²) in [6.45, 7) is 16.3. The number of hydrogen-bond donors (Lipinski definition) is 0. The number of ether oxygens (including phenoxy) is 1. The third-order valence-corrected chi connectivity index (χ3v) is 10.0. The van der Waals surface area contributed by atoms with Crippen molar-refractivity contribution in [1.29, 1.82) is 0 Å². The van der Waals surface area contributed by atoms with Gasteiger partial charge in [-0.05, 0) is 43.8 Å². The topological polar surface area (TPSA) is 18.5 Å². The van der Waals surface area contributed by atoms with Crippen molar-refractivity contribution in [2.75, 3.05) is 0 Å². The first kappa shape index (κ1) is 20.2. The second-order valence-corrected chi connectivity index (χ2v) is 13.3. The predicted octanol–water partition coefficient (Wildman–Crippen LogP) is 6.30. The van der Waals surface area contributed by atoms with Crippen molar-refractivity contribution in [2.24, 2.45) is 0 Å². The lowest BCUT2D eigenvalue weighted by Crippen LogP contribution is -2.47. The Bertz CT molecular complexity index is 309. The Balaban J connectivity index is 2.65. The second kappa shape index (κ2) is 8.84. The molecule has 1 heterocycles. The third kappa shape index (κ3) is 5.97. The molecule has 0 N–H and O–H groups in total. The molecule has 1 fully saturated rings. The molecule has 1 saturated heterocycles. The van der Waals surface area contributed by atoms with Crippen molar-refractivity contribution in [3.8, 4) is 0 Å². The summed E-state index contributed by atoms with van der Waals surface area (Å²) in [6.07, 6.45) is 11.0. The molecule has 1 rings (SSSR count). The van der Waals surface area contributed by atoms with E-state index >= 15 is 0 Å². The standard InChI is InChI=1S/C19H40O2Si/c1-8-10-12-16-14-15-17(20-16)18(13-11-9-2)21-22(6,7)19(3,4)5/h16-18H,8-15H2,1-7H3/t16-,17+,18+/m1/s1. The fourth-order valence-corrected chi connectivity index (χ4v) is 4.31. The number of hydrogen-bond acceptors (Lipinski definition) is 2. The molecular formula is C19H40O2Si. The van der Waals surface area contributed by atoms with Gasteiger partial charge in [0.25, 0.3) is 0 Å². The fraction of sp³-hybridized carbons (Fsp3) is 1.00. The van der Waals surface area contributed by atoms with Crippen LogP contribution in [0.2, 0.25) is 18.1 Å². The van der Waals surface area contributed by atoms with E-state index in [1.165, 1.54) is 44.9 Å². The van der Waals surface area contributed by atoms with Gasteiger partial charge in [0.1, 0.15) is 0 Å². The molecule has 0 unspecified atom stereocenters. The van der Waals surface area contributed by atoms with Gasteiger partial charge >= 0.3 is 0 Å². The van der Waals surface area contributed by atoms with E-state index in [-0.39, 0.29) is 5.04 Å². The van der Waals surface area contributed by atoms with Crippen molar-refractivity contribution in [1.82, 2.24) is 0 Å². The van der Waals surface area contributed by atoms with E-state index in [1.807, 2.05) is 0 Å². The molecule has 0 aromatic heterocycles. The molecular weight excluding hydrogens is 288 g/mol. The van der Waals surface area contributed by atoms with Gasteiger partial charge in [-0.25, -0.2) is 0 Å². The van der Waals surface area contributed by atoms with E-state index in [0.717, 1.165) is 6.42 Å². The van der Waals surface area contributed by atoms with Crippen molar-refractivity contribution in [2.45, 2.75) is 122 Å². The maximum atomic E-state index is 6.76. The van der Waals surface area contributed by atoms with Gasteiger partial charge in [-0.2, -0.15) is 0 Å². The van der Waals surface area contributed by atoms with Crippen LogP contribution in [0.25, 0.3) is 0 Å². The average molecular weight is 329 g/mol.